The van der Waals surface area contributed by atoms with Gasteiger partial charge >= 0.3 is 0 Å². The van der Waals surface area contributed by atoms with Gasteiger partial charge in [0, 0.05) is 20.1 Å². The van der Waals surface area contributed by atoms with Crippen molar-refractivity contribution in [1.29, 1.82) is 0 Å². The molecule has 3 amide bonds. The van der Waals surface area contributed by atoms with Gasteiger partial charge in [0.25, 0.3) is 0 Å². The monoisotopic (exact) mass is 566 g/mol. The Bertz CT molecular complexity index is 1180. The number of aliphatic hydroxyl groups is 1. The third-order valence-corrected chi connectivity index (χ3v) is 7.82. The van der Waals surface area contributed by atoms with E-state index in [-0.39, 0.29) is 30.4 Å². The Hall–Kier alpha value is -3.63. The van der Waals surface area contributed by atoms with Gasteiger partial charge in [0.05, 0.1) is 19.2 Å². The van der Waals surface area contributed by atoms with Crippen LogP contribution in [0.5, 0.6) is 11.5 Å². The van der Waals surface area contributed by atoms with E-state index in [1.165, 1.54) is 23.1 Å². The average molecular weight is 567 g/mol. The van der Waals surface area contributed by atoms with Crippen LogP contribution in [0.3, 0.4) is 0 Å². The van der Waals surface area contributed by atoms with E-state index in [1.807, 2.05) is 25.1 Å². The molecule has 41 heavy (non-hydrogen) atoms. The van der Waals surface area contributed by atoms with Crippen LogP contribution in [-0.4, -0.2) is 84.3 Å². The van der Waals surface area contributed by atoms with Crippen molar-refractivity contribution in [2.24, 2.45) is 5.92 Å². The first-order chi connectivity index (χ1) is 19.8. The molecule has 2 aromatic carbocycles. The molecule has 10 heteroatoms. The molecule has 2 aliphatic heterocycles. The van der Waals surface area contributed by atoms with E-state index in [4.69, 9.17) is 9.84 Å². The minimum Gasteiger partial charge on any atom is -0.508 e. The molecule has 1 fully saturated rings. The van der Waals surface area contributed by atoms with Crippen LogP contribution in [-0.2, 0) is 27.2 Å². The van der Waals surface area contributed by atoms with E-state index < -0.39 is 24.6 Å². The number of hydrogen-bond acceptors (Lipinski definition) is 7. The Balaban J connectivity index is 0.000000417. The smallest absolute Gasteiger partial charge is 0.245 e. The lowest BCUT2D eigenvalue weighted by Crippen LogP contribution is -2.57. The average Bonchev–Trinajstić information content (AvgIpc) is 3.81. The number of ether oxygens (including phenoxy) is 1. The second-order valence-corrected chi connectivity index (χ2v) is 11.1. The van der Waals surface area contributed by atoms with Crippen LogP contribution >= 0.6 is 0 Å². The number of phenolic OH excluding ortho intramolecular Hbond substituents is 1. The highest BCUT2D eigenvalue weighted by molar-refractivity contribution is 5.92. The lowest BCUT2D eigenvalue weighted by molar-refractivity contribution is -0.142. The molecule has 3 atom stereocenters. The molecular formula is C31H42N4O6. The van der Waals surface area contributed by atoms with Crippen LogP contribution in [0.1, 0.15) is 42.4 Å². The largest absolute Gasteiger partial charge is 0.508 e. The molecular weight excluding hydrogens is 524 g/mol. The number of likely N-dealkylation sites (N-methyl/N-ethyl adjacent to an activating group) is 1. The quantitative estimate of drug-likeness (QED) is 0.371. The second-order valence-electron chi connectivity index (χ2n) is 11.1. The summed E-state index contributed by atoms with van der Waals surface area (Å²) < 4.78 is 6.37. The van der Waals surface area contributed by atoms with Crippen LogP contribution in [0.15, 0.2) is 42.5 Å². The number of nitrogens with zero attached hydrogens (tertiary/aromatic N) is 1. The predicted octanol–water partition coefficient (Wildman–Crippen LogP) is 1.45. The molecule has 3 unspecified atom stereocenters. The fourth-order valence-corrected chi connectivity index (χ4v) is 5.17. The normalized spacial score (nSPS) is 24.0. The second kappa shape index (κ2) is 14.3. The first-order valence-electron chi connectivity index (χ1n) is 14.4. The number of benzene rings is 2. The molecule has 0 radical (unpaired) electrons. The topological polar surface area (TPSA) is 140 Å². The third kappa shape index (κ3) is 8.43. The Morgan fingerprint density at radius 3 is 2.34 bits per heavy atom. The van der Waals surface area contributed by atoms with Gasteiger partial charge in [-0.05, 0) is 74.6 Å². The van der Waals surface area contributed by atoms with Crippen LogP contribution in [0.25, 0.3) is 0 Å². The Labute approximate surface area is 241 Å². The number of aryl methyl sites for hydroxylation is 3. The van der Waals surface area contributed by atoms with Crippen molar-refractivity contribution in [3.05, 3.63) is 59.2 Å². The maximum atomic E-state index is 13.3. The number of amides is 3. The SMILES string of the molecule is CN1C(=O)C(C2CC2)NCC2CCc3cccc(c3O2)CCCNC(=O)CNC(=O)C1CO.Cc1ccc(O)cc1. The van der Waals surface area contributed by atoms with Crippen LogP contribution < -0.4 is 20.7 Å². The van der Waals surface area contributed by atoms with Gasteiger partial charge in [0.1, 0.15) is 23.6 Å². The molecule has 2 heterocycles. The summed E-state index contributed by atoms with van der Waals surface area (Å²) in [5.74, 6) is 0.396. The van der Waals surface area contributed by atoms with Gasteiger partial charge in [-0.1, -0.05) is 35.9 Å². The maximum absolute atomic E-state index is 13.3. The molecule has 1 aliphatic carbocycles. The number of hydrogen-bond donors (Lipinski definition) is 5. The fraction of sp³-hybridized carbons (Fsp3) is 0.516. The Kier molecular flexibility index (Phi) is 10.6. The Morgan fingerprint density at radius 1 is 0.976 bits per heavy atom. The van der Waals surface area contributed by atoms with Crippen molar-refractivity contribution in [2.75, 3.05) is 33.3 Å². The van der Waals surface area contributed by atoms with E-state index in [9.17, 15) is 19.5 Å². The zero-order valence-corrected chi connectivity index (χ0v) is 23.9. The zero-order chi connectivity index (χ0) is 29.4. The number of carbonyl (C=O) groups excluding carboxylic acids is 3. The van der Waals surface area contributed by atoms with Gasteiger partial charge < -0.3 is 35.8 Å². The van der Waals surface area contributed by atoms with Gasteiger partial charge in [-0.2, -0.15) is 0 Å². The van der Waals surface area contributed by atoms with Gasteiger partial charge in [0.2, 0.25) is 17.7 Å². The van der Waals surface area contributed by atoms with Crippen LogP contribution in [0.4, 0.5) is 0 Å². The molecule has 0 aromatic heterocycles. The zero-order valence-electron chi connectivity index (χ0n) is 23.9. The highest BCUT2D eigenvalue weighted by Crippen LogP contribution is 2.35. The molecule has 1 saturated carbocycles. The summed E-state index contributed by atoms with van der Waals surface area (Å²) in [7, 11) is 1.53. The van der Waals surface area contributed by atoms with E-state index >= 15 is 0 Å². The number of fused-ring (bicyclic) bond motifs is 1. The third-order valence-electron chi connectivity index (χ3n) is 7.82. The molecule has 5 N–H and O–H groups in total. The predicted molar refractivity (Wildman–Crippen MR) is 155 cm³/mol. The lowest BCUT2D eigenvalue weighted by Gasteiger charge is -2.32. The molecule has 3 aliphatic rings. The first-order valence-corrected chi connectivity index (χ1v) is 14.4. The molecule has 2 bridgehead atoms. The van der Waals surface area contributed by atoms with Crippen LogP contribution in [0, 0.1) is 12.8 Å². The van der Waals surface area contributed by atoms with E-state index in [1.54, 1.807) is 12.1 Å². The van der Waals surface area contributed by atoms with Crippen molar-refractivity contribution < 1.29 is 29.3 Å². The van der Waals surface area contributed by atoms with Gasteiger partial charge in [-0.3, -0.25) is 14.4 Å². The molecule has 10 nitrogen and oxygen atoms in total. The van der Waals surface area contributed by atoms with Crippen LogP contribution in [0.2, 0.25) is 0 Å². The summed E-state index contributed by atoms with van der Waals surface area (Å²) in [4.78, 5) is 39.3. The molecule has 2 aromatic rings. The number of para-hydroxylation sites is 1. The summed E-state index contributed by atoms with van der Waals surface area (Å²) >= 11 is 0. The van der Waals surface area contributed by atoms with E-state index in [0.29, 0.717) is 18.8 Å². The summed E-state index contributed by atoms with van der Waals surface area (Å²) in [6, 6.07) is 11.8. The number of carbonyl (C=O) groups is 3. The number of aliphatic hydroxyl groups excluding tert-OH is 1. The maximum Gasteiger partial charge on any atom is 0.245 e. The number of phenols is 1. The highest BCUT2D eigenvalue weighted by Gasteiger charge is 2.40. The summed E-state index contributed by atoms with van der Waals surface area (Å²) in [5.41, 5.74) is 3.49. The van der Waals surface area contributed by atoms with E-state index in [0.717, 1.165) is 49.8 Å². The number of nitrogens with one attached hydrogen (secondary N) is 3. The molecule has 0 saturated heterocycles. The van der Waals surface area contributed by atoms with Crippen molar-refractivity contribution in [3.8, 4) is 11.5 Å². The standard InChI is InChI=1S/C24H34N4O5.C7H8O/c1-28-19(14-29)23(31)27-13-20(30)25-11-3-6-16-4-2-5-17-9-10-18(33-22(16)17)12-26-21(24(28)32)15-7-8-15;1-6-2-4-7(8)5-3-6/h2,4-5,15,18-19,21,26,29H,3,6-14H2,1H3,(H,25,30)(H,27,31);2-5,8H,1H3. The Morgan fingerprint density at radius 2 is 1.68 bits per heavy atom. The molecule has 5 rings (SSSR count). The minimum atomic E-state index is -1.05. The summed E-state index contributed by atoms with van der Waals surface area (Å²) in [5, 5.41) is 27.3. The molecule has 222 valence electrons. The van der Waals surface area contributed by atoms with Crippen molar-refractivity contribution in [1.82, 2.24) is 20.9 Å². The number of aromatic hydroxyl groups is 1. The first kappa shape index (κ1) is 30.3. The summed E-state index contributed by atoms with van der Waals surface area (Å²) in [6.45, 7) is 2.29. The fourth-order valence-electron chi connectivity index (χ4n) is 5.17. The van der Waals surface area contributed by atoms with Gasteiger partial charge in [0.15, 0.2) is 0 Å². The lowest BCUT2D eigenvalue weighted by atomic mass is 9.97. The van der Waals surface area contributed by atoms with Crippen molar-refractivity contribution >= 4 is 17.7 Å². The van der Waals surface area contributed by atoms with Gasteiger partial charge in [-0.25, -0.2) is 0 Å². The van der Waals surface area contributed by atoms with E-state index in [2.05, 4.69) is 28.1 Å². The highest BCUT2D eigenvalue weighted by atomic mass is 16.5. The van der Waals surface area contributed by atoms with Gasteiger partial charge in [-0.15, -0.1) is 0 Å². The number of rotatable bonds is 2. The minimum absolute atomic E-state index is 0.0477. The molecule has 0 spiro atoms. The van der Waals surface area contributed by atoms with Crippen molar-refractivity contribution in [2.45, 2.75) is 63.6 Å². The summed E-state index contributed by atoms with van der Waals surface area (Å²) in [6.07, 6.45) is 5.16. The van der Waals surface area contributed by atoms with Crippen molar-refractivity contribution in [3.63, 3.8) is 0 Å².